The Morgan fingerprint density at radius 1 is 1.17 bits per heavy atom. The first-order valence-electron chi connectivity index (χ1n) is 4.92. The minimum absolute atomic E-state index is 0.245. The van der Waals surface area contributed by atoms with E-state index in [-0.39, 0.29) is 16.5 Å². The van der Waals surface area contributed by atoms with Gasteiger partial charge < -0.3 is 11.1 Å². The maximum atomic E-state index is 11.9. The lowest BCUT2D eigenvalue weighted by Gasteiger charge is -2.06. The highest BCUT2D eigenvalue weighted by atomic mass is 35.5. The molecule has 18 heavy (non-hydrogen) atoms. The normalized spacial score (nSPS) is 10.1. The summed E-state index contributed by atoms with van der Waals surface area (Å²) in [4.78, 5) is 11.9. The monoisotopic (exact) mass is 282 g/mol. The number of benzene rings is 1. The van der Waals surface area contributed by atoms with E-state index < -0.39 is 5.91 Å². The minimum atomic E-state index is -0.413. The van der Waals surface area contributed by atoms with Crippen LogP contribution in [0.4, 0.5) is 11.5 Å². The summed E-state index contributed by atoms with van der Waals surface area (Å²) in [6.45, 7) is 0. The molecule has 0 aliphatic carbocycles. The number of nitrogens with one attached hydrogen (secondary N) is 1. The highest BCUT2D eigenvalue weighted by Crippen LogP contribution is 2.20. The molecule has 0 fully saturated rings. The molecule has 2 rings (SSSR count). The summed E-state index contributed by atoms with van der Waals surface area (Å²) in [7, 11) is 0. The lowest BCUT2D eigenvalue weighted by molar-refractivity contribution is 0.102. The summed E-state index contributed by atoms with van der Waals surface area (Å²) in [5, 5.41) is 10.4. The molecule has 1 amide bonds. The quantitative estimate of drug-likeness (QED) is 0.830. The van der Waals surface area contributed by atoms with Crippen LogP contribution in [0.5, 0.6) is 0 Å². The maximum absolute atomic E-state index is 11.9. The zero-order valence-electron chi connectivity index (χ0n) is 9.02. The molecule has 92 valence electrons. The fourth-order valence-corrected chi connectivity index (χ4v) is 1.59. The summed E-state index contributed by atoms with van der Waals surface area (Å²) < 4.78 is 0. The number of aromatic nitrogens is 2. The van der Waals surface area contributed by atoms with Crippen LogP contribution in [0.25, 0.3) is 0 Å². The standard InChI is InChI=1S/C11H8Cl2N4O/c12-8-2-1-6(14)5-7(8)11(18)15-10-4-3-9(13)16-17-10/h1-5H,14H2,(H,15,17,18). The second-order valence-electron chi connectivity index (χ2n) is 3.43. The van der Waals surface area contributed by atoms with Crippen LogP contribution < -0.4 is 11.1 Å². The number of halogens is 2. The number of hydrogen-bond donors (Lipinski definition) is 2. The smallest absolute Gasteiger partial charge is 0.258 e. The van der Waals surface area contributed by atoms with Gasteiger partial charge in [0.25, 0.3) is 5.91 Å². The second-order valence-corrected chi connectivity index (χ2v) is 4.23. The van der Waals surface area contributed by atoms with Crippen molar-refractivity contribution in [2.75, 3.05) is 11.1 Å². The Morgan fingerprint density at radius 3 is 2.61 bits per heavy atom. The Bertz CT molecular complexity index is 586. The SMILES string of the molecule is Nc1ccc(Cl)c(C(=O)Nc2ccc(Cl)nn2)c1. The first-order valence-corrected chi connectivity index (χ1v) is 5.67. The molecule has 0 spiro atoms. The largest absolute Gasteiger partial charge is 0.399 e. The van der Waals surface area contributed by atoms with Gasteiger partial charge in [-0.25, -0.2) is 0 Å². The van der Waals surface area contributed by atoms with E-state index in [4.69, 9.17) is 28.9 Å². The molecule has 5 nitrogen and oxygen atoms in total. The van der Waals surface area contributed by atoms with Crippen LogP contribution in [-0.2, 0) is 0 Å². The van der Waals surface area contributed by atoms with Crippen molar-refractivity contribution in [3.05, 3.63) is 46.1 Å². The fraction of sp³-hybridized carbons (Fsp3) is 0. The van der Waals surface area contributed by atoms with Gasteiger partial charge in [0.2, 0.25) is 0 Å². The molecule has 7 heteroatoms. The number of anilines is 2. The van der Waals surface area contributed by atoms with Crippen molar-refractivity contribution >= 4 is 40.6 Å². The molecule has 0 radical (unpaired) electrons. The molecule has 0 saturated heterocycles. The molecule has 0 aliphatic rings. The van der Waals surface area contributed by atoms with Crippen molar-refractivity contribution in [2.45, 2.75) is 0 Å². The van der Waals surface area contributed by atoms with Crippen LogP contribution in [0.1, 0.15) is 10.4 Å². The molecule has 3 N–H and O–H groups in total. The third-order valence-corrected chi connectivity index (χ3v) is 2.64. The summed E-state index contributed by atoms with van der Waals surface area (Å²) in [6, 6.07) is 7.71. The molecule has 0 atom stereocenters. The van der Waals surface area contributed by atoms with E-state index in [0.29, 0.717) is 10.7 Å². The predicted molar refractivity (Wildman–Crippen MR) is 70.9 cm³/mol. The highest BCUT2D eigenvalue weighted by molar-refractivity contribution is 6.34. The van der Waals surface area contributed by atoms with Crippen LogP contribution in [0, 0.1) is 0 Å². The first-order chi connectivity index (χ1) is 8.56. The Labute approximate surface area is 113 Å². The zero-order chi connectivity index (χ0) is 13.1. The van der Waals surface area contributed by atoms with Gasteiger partial charge >= 0.3 is 0 Å². The van der Waals surface area contributed by atoms with Gasteiger partial charge in [-0.3, -0.25) is 4.79 Å². The van der Waals surface area contributed by atoms with Gasteiger partial charge in [0.1, 0.15) is 0 Å². The molecular formula is C11H8Cl2N4O. The lowest BCUT2D eigenvalue weighted by atomic mass is 10.2. The first kappa shape index (κ1) is 12.6. The Hall–Kier alpha value is -1.85. The van der Waals surface area contributed by atoms with E-state index in [1.165, 1.54) is 18.2 Å². The number of nitrogens with zero attached hydrogens (tertiary/aromatic N) is 2. The molecular weight excluding hydrogens is 275 g/mol. The third kappa shape index (κ3) is 2.88. The minimum Gasteiger partial charge on any atom is -0.399 e. The van der Waals surface area contributed by atoms with Crippen LogP contribution in [-0.4, -0.2) is 16.1 Å². The Kier molecular flexibility index (Phi) is 3.64. The second kappa shape index (κ2) is 5.20. The number of nitrogens with two attached hydrogens (primary N) is 1. The van der Waals surface area contributed by atoms with E-state index >= 15 is 0 Å². The van der Waals surface area contributed by atoms with Crippen molar-refractivity contribution in [3.8, 4) is 0 Å². The van der Waals surface area contributed by atoms with Crippen LogP contribution in [0.3, 0.4) is 0 Å². The number of carbonyl (C=O) groups excluding carboxylic acids is 1. The summed E-state index contributed by atoms with van der Waals surface area (Å²) in [5.41, 5.74) is 6.32. The average Bonchev–Trinajstić information content (AvgIpc) is 2.35. The van der Waals surface area contributed by atoms with Gasteiger partial charge in [0.05, 0.1) is 10.6 Å². The summed E-state index contributed by atoms with van der Waals surface area (Å²) in [5.74, 6) is -0.133. The average molecular weight is 283 g/mol. The highest BCUT2D eigenvalue weighted by Gasteiger charge is 2.11. The van der Waals surface area contributed by atoms with E-state index in [1.54, 1.807) is 12.1 Å². The molecule has 1 aromatic carbocycles. The van der Waals surface area contributed by atoms with Crippen LogP contribution >= 0.6 is 23.2 Å². The van der Waals surface area contributed by atoms with Crippen LogP contribution in [0.15, 0.2) is 30.3 Å². The molecule has 0 unspecified atom stereocenters. The number of amides is 1. The summed E-state index contributed by atoms with van der Waals surface area (Å²) in [6.07, 6.45) is 0. The van der Waals surface area contributed by atoms with Crippen molar-refractivity contribution in [3.63, 3.8) is 0 Å². The van der Waals surface area contributed by atoms with Gasteiger partial charge in [-0.2, -0.15) is 0 Å². The van der Waals surface area contributed by atoms with E-state index in [9.17, 15) is 4.79 Å². The van der Waals surface area contributed by atoms with Gasteiger partial charge in [-0.1, -0.05) is 23.2 Å². The van der Waals surface area contributed by atoms with Gasteiger partial charge in [0, 0.05) is 5.69 Å². The Morgan fingerprint density at radius 2 is 1.94 bits per heavy atom. The van der Waals surface area contributed by atoms with E-state index in [0.717, 1.165) is 0 Å². The number of carbonyl (C=O) groups is 1. The van der Waals surface area contributed by atoms with Crippen LogP contribution in [0.2, 0.25) is 10.2 Å². The molecule has 1 heterocycles. The van der Waals surface area contributed by atoms with E-state index in [1.807, 2.05) is 0 Å². The molecule has 0 bridgehead atoms. The van der Waals surface area contributed by atoms with Gasteiger partial charge in [-0.05, 0) is 30.3 Å². The molecule has 1 aromatic heterocycles. The fourth-order valence-electron chi connectivity index (χ4n) is 1.28. The van der Waals surface area contributed by atoms with Crippen molar-refractivity contribution in [1.29, 1.82) is 0 Å². The predicted octanol–water partition coefficient (Wildman–Crippen LogP) is 2.62. The third-order valence-electron chi connectivity index (χ3n) is 2.11. The molecule has 2 aromatic rings. The number of nitrogen functional groups attached to an aromatic ring is 1. The van der Waals surface area contributed by atoms with Gasteiger partial charge in [0.15, 0.2) is 11.0 Å². The lowest BCUT2D eigenvalue weighted by Crippen LogP contribution is -2.14. The van der Waals surface area contributed by atoms with Crippen molar-refractivity contribution in [1.82, 2.24) is 10.2 Å². The Balaban J connectivity index is 2.21. The molecule has 0 saturated carbocycles. The number of rotatable bonds is 2. The summed E-state index contributed by atoms with van der Waals surface area (Å²) >= 11 is 11.5. The number of hydrogen-bond acceptors (Lipinski definition) is 4. The molecule has 0 aliphatic heterocycles. The maximum Gasteiger partial charge on any atom is 0.258 e. The van der Waals surface area contributed by atoms with Crippen molar-refractivity contribution in [2.24, 2.45) is 0 Å². The van der Waals surface area contributed by atoms with Gasteiger partial charge in [-0.15, -0.1) is 10.2 Å². The van der Waals surface area contributed by atoms with Crippen molar-refractivity contribution < 1.29 is 4.79 Å². The topological polar surface area (TPSA) is 80.9 Å². The zero-order valence-corrected chi connectivity index (χ0v) is 10.5. The van der Waals surface area contributed by atoms with E-state index in [2.05, 4.69) is 15.5 Å².